The van der Waals surface area contributed by atoms with Crippen molar-refractivity contribution in [3.63, 3.8) is 0 Å². The van der Waals surface area contributed by atoms with Crippen LogP contribution >= 0.6 is 11.8 Å². The van der Waals surface area contributed by atoms with Crippen LogP contribution in [0.3, 0.4) is 0 Å². The van der Waals surface area contributed by atoms with Crippen LogP contribution in [0.15, 0.2) is 16.5 Å². The van der Waals surface area contributed by atoms with E-state index in [0.717, 1.165) is 0 Å². The minimum absolute atomic E-state index is 0.0375. The van der Waals surface area contributed by atoms with Gasteiger partial charge in [-0.1, -0.05) is 11.8 Å². The van der Waals surface area contributed by atoms with Crippen molar-refractivity contribution in [2.75, 3.05) is 0 Å². The first kappa shape index (κ1) is 16.3. The summed E-state index contributed by atoms with van der Waals surface area (Å²) in [5.74, 6) is -1.63. The molecule has 1 N–H and O–H groups in total. The molecule has 0 saturated heterocycles. The maximum absolute atomic E-state index is 12.1. The summed E-state index contributed by atoms with van der Waals surface area (Å²) >= 11 is 0.434. The topological polar surface area (TPSA) is 25.2 Å². The molecular weight excluding hydrogens is 289 g/mol. The van der Waals surface area contributed by atoms with Crippen molar-refractivity contribution in [3.8, 4) is 0 Å². The molecule has 0 radical (unpaired) electrons. The molecule has 0 aliphatic rings. The highest BCUT2D eigenvalue weighted by molar-refractivity contribution is 7.98. The molecule has 0 fully saturated rings. The first-order valence-corrected chi connectivity index (χ1v) is 6.58. The molecular formula is C11H14F5NOS. The summed E-state index contributed by atoms with van der Waals surface area (Å²) in [6.45, 7) is 1.56. The third kappa shape index (κ3) is 7.41. The Bertz CT molecular complexity index is 379. The summed E-state index contributed by atoms with van der Waals surface area (Å²) in [6.07, 6.45) is -5.14. The lowest BCUT2D eigenvalue weighted by atomic mass is 10.2. The highest BCUT2D eigenvalue weighted by atomic mass is 32.2. The molecule has 0 aliphatic carbocycles. The van der Waals surface area contributed by atoms with Crippen LogP contribution in [0.5, 0.6) is 0 Å². The standard InChI is InChI=1S/C11H14F5NOS/c1-7(4-11(14,15)16)17-5-8-2-3-9(18-8)6-19-10(12)13/h2-3,7,10,17H,4-6H2,1H3. The molecule has 19 heavy (non-hydrogen) atoms. The molecule has 1 aromatic heterocycles. The molecule has 110 valence electrons. The number of halogens is 5. The number of furan rings is 1. The van der Waals surface area contributed by atoms with E-state index in [0.29, 0.717) is 23.3 Å². The molecule has 1 unspecified atom stereocenters. The lowest BCUT2D eigenvalue weighted by Crippen LogP contribution is -2.30. The van der Waals surface area contributed by atoms with Gasteiger partial charge in [-0.2, -0.15) is 22.0 Å². The Morgan fingerprint density at radius 1 is 1.26 bits per heavy atom. The predicted molar refractivity (Wildman–Crippen MR) is 63.0 cm³/mol. The van der Waals surface area contributed by atoms with E-state index >= 15 is 0 Å². The Morgan fingerprint density at radius 2 is 1.89 bits per heavy atom. The molecule has 1 rings (SSSR count). The first-order chi connectivity index (χ1) is 8.76. The van der Waals surface area contributed by atoms with Crippen molar-refractivity contribution in [2.24, 2.45) is 0 Å². The van der Waals surface area contributed by atoms with Gasteiger partial charge in [0, 0.05) is 6.04 Å². The third-order valence-electron chi connectivity index (χ3n) is 2.23. The Hall–Kier alpha value is -0.760. The quantitative estimate of drug-likeness (QED) is 0.766. The molecule has 0 aliphatic heterocycles. The summed E-state index contributed by atoms with van der Waals surface area (Å²) < 4.78 is 65.3. The number of nitrogens with one attached hydrogen (secondary N) is 1. The summed E-state index contributed by atoms with van der Waals surface area (Å²) in [6, 6.07) is 2.37. The molecule has 2 nitrogen and oxygen atoms in total. The molecule has 0 aromatic carbocycles. The Morgan fingerprint density at radius 3 is 2.47 bits per heavy atom. The van der Waals surface area contributed by atoms with Gasteiger partial charge in [-0.05, 0) is 19.1 Å². The van der Waals surface area contributed by atoms with Crippen LogP contribution in [0, 0.1) is 0 Å². The molecule has 0 saturated carbocycles. The van der Waals surface area contributed by atoms with Crippen molar-refractivity contribution in [1.82, 2.24) is 5.32 Å². The SMILES string of the molecule is CC(CC(F)(F)F)NCc1ccc(CSC(F)F)o1. The number of hydrogen-bond donors (Lipinski definition) is 1. The maximum Gasteiger partial charge on any atom is 0.390 e. The van der Waals surface area contributed by atoms with E-state index in [9.17, 15) is 22.0 Å². The zero-order chi connectivity index (χ0) is 14.5. The molecule has 1 atom stereocenters. The summed E-state index contributed by atoms with van der Waals surface area (Å²) in [7, 11) is 0. The lowest BCUT2D eigenvalue weighted by molar-refractivity contribution is -0.139. The second-order valence-corrected chi connectivity index (χ2v) is 5.02. The molecule has 0 bridgehead atoms. The Balaban J connectivity index is 2.33. The first-order valence-electron chi connectivity index (χ1n) is 5.54. The van der Waals surface area contributed by atoms with Crippen molar-refractivity contribution in [2.45, 2.75) is 43.6 Å². The second-order valence-electron chi connectivity index (χ2n) is 4.04. The van der Waals surface area contributed by atoms with Gasteiger partial charge in [0.1, 0.15) is 11.5 Å². The molecule has 0 spiro atoms. The van der Waals surface area contributed by atoms with Gasteiger partial charge in [0.25, 0.3) is 5.76 Å². The van der Waals surface area contributed by atoms with Gasteiger partial charge in [0.05, 0.1) is 18.7 Å². The van der Waals surface area contributed by atoms with Crippen LogP contribution in [0.2, 0.25) is 0 Å². The van der Waals surface area contributed by atoms with Crippen molar-refractivity contribution < 1.29 is 26.4 Å². The smallest absolute Gasteiger partial charge is 0.390 e. The average molecular weight is 303 g/mol. The minimum atomic E-state index is -4.21. The Labute approximate surface area is 111 Å². The van der Waals surface area contributed by atoms with Crippen LogP contribution in [0.1, 0.15) is 24.9 Å². The number of alkyl halides is 5. The monoisotopic (exact) mass is 303 g/mol. The van der Waals surface area contributed by atoms with Gasteiger partial charge in [0.15, 0.2) is 0 Å². The van der Waals surface area contributed by atoms with Crippen molar-refractivity contribution >= 4 is 11.8 Å². The number of rotatable bonds is 7. The maximum atomic E-state index is 12.1. The van der Waals surface area contributed by atoms with Gasteiger partial charge in [-0.25, -0.2) is 0 Å². The molecule has 8 heteroatoms. The second kappa shape index (κ2) is 7.14. The van der Waals surface area contributed by atoms with Crippen molar-refractivity contribution in [3.05, 3.63) is 23.7 Å². The summed E-state index contributed by atoms with van der Waals surface area (Å²) in [5, 5.41) is 2.66. The lowest BCUT2D eigenvalue weighted by Gasteiger charge is -2.14. The van der Waals surface area contributed by atoms with Crippen LogP contribution in [-0.2, 0) is 12.3 Å². The summed E-state index contributed by atoms with van der Waals surface area (Å²) in [5.41, 5.74) is 0. The van der Waals surface area contributed by atoms with Crippen LogP contribution in [0.4, 0.5) is 22.0 Å². The fourth-order valence-corrected chi connectivity index (χ4v) is 1.88. The third-order valence-corrected chi connectivity index (χ3v) is 2.93. The van der Waals surface area contributed by atoms with Gasteiger partial charge in [0.2, 0.25) is 0 Å². The zero-order valence-corrected chi connectivity index (χ0v) is 11.0. The van der Waals surface area contributed by atoms with Crippen LogP contribution < -0.4 is 5.32 Å². The summed E-state index contributed by atoms with van der Waals surface area (Å²) in [4.78, 5) is 0. The van der Waals surface area contributed by atoms with E-state index in [1.165, 1.54) is 6.92 Å². The van der Waals surface area contributed by atoms with E-state index in [1.54, 1.807) is 12.1 Å². The van der Waals surface area contributed by atoms with E-state index in [4.69, 9.17) is 4.42 Å². The zero-order valence-electron chi connectivity index (χ0n) is 10.1. The van der Waals surface area contributed by atoms with E-state index in [1.807, 2.05) is 0 Å². The number of hydrogen-bond acceptors (Lipinski definition) is 3. The predicted octanol–water partition coefficient (Wildman–Crippen LogP) is 4.17. The van der Waals surface area contributed by atoms with E-state index in [-0.39, 0.29) is 12.3 Å². The van der Waals surface area contributed by atoms with Crippen LogP contribution in [-0.4, -0.2) is 18.0 Å². The van der Waals surface area contributed by atoms with Gasteiger partial charge < -0.3 is 9.73 Å². The average Bonchev–Trinajstić information content (AvgIpc) is 2.69. The van der Waals surface area contributed by atoms with E-state index < -0.39 is 24.4 Å². The highest BCUT2D eigenvalue weighted by Crippen LogP contribution is 2.23. The largest absolute Gasteiger partial charge is 0.464 e. The van der Waals surface area contributed by atoms with E-state index in [2.05, 4.69) is 5.32 Å². The fourth-order valence-electron chi connectivity index (χ4n) is 1.43. The molecule has 1 heterocycles. The highest BCUT2D eigenvalue weighted by Gasteiger charge is 2.29. The molecule has 0 amide bonds. The Kier molecular flexibility index (Phi) is 6.12. The molecule has 1 aromatic rings. The van der Waals surface area contributed by atoms with Gasteiger partial charge in [-0.3, -0.25) is 0 Å². The normalized spacial score (nSPS) is 14.1. The van der Waals surface area contributed by atoms with Gasteiger partial charge >= 0.3 is 6.18 Å². The van der Waals surface area contributed by atoms with Gasteiger partial charge in [-0.15, -0.1) is 0 Å². The fraction of sp³-hybridized carbons (Fsp3) is 0.636. The minimum Gasteiger partial charge on any atom is -0.464 e. The number of thioether (sulfide) groups is 1. The van der Waals surface area contributed by atoms with Crippen LogP contribution in [0.25, 0.3) is 0 Å². The van der Waals surface area contributed by atoms with Crippen molar-refractivity contribution in [1.29, 1.82) is 0 Å².